The number of nitrogens with zero attached hydrogens (tertiary/aromatic N) is 1. The quantitative estimate of drug-likeness (QED) is 0.382. The minimum Gasteiger partial charge on any atom is -0.437 e. The number of halogens is 1. The van der Waals surface area contributed by atoms with Crippen LogP contribution >= 0.6 is 11.6 Å². The second-order valence-corrected chi connectivity index (χ2v) is 3.46. The molecule has 2 nitrogen and oxygen atoms in total. The molecule has 0 radical (unpaired) electrons. The summed E-state index contributed by atoms with van der Waals surface area (Å²) in [5.41, 5.74) is 0. The normalized spacial score (nSPS) is 32.3. The average molecular weight is 173 g/mol. The minimum absolute atomic E-state index is 0.113. The van der Waals surface area contributed by atoms with E-state index in [1.54, 1.807) is 12.9 Å². The highest BCUT2D eigenvalue weighted by atomic mass is 35.5. The molecule has 1 fully saturated rings. The Balaban J connectivity index is 2.61. The van der Waals surface area contributed by atoms with Gasteiger partial charge in [0.1, 0.15) is 0 Å². The predicted molar refractivity (Wildman–Crippen MR) is 48.8 cm³/mol. The van der Waals surface area contributed by atoms with Crippen molar-refractivity contribution in [3.8, 4) is 0 Å². The maximum atomic E-state index is 9.29. The highest BCUT2D eigenvalue weighted by molar-refractivity contribution is 6.45. The first kappa shape index (κ1) is 9.11. The van der Waals surface area contributed by atoms with Crippen molar-refractivity contribution >= 4 is 18.7 Å². The standard InChI is InChI=1S/C7H13BClNO/c1-3-7-6(9)4-5-10(7)8(2)11/h3,6-7,11H,1,4-5H2,2H3/t6-,7+/m1/s1. The number of hydrogen-bond acceptors (Lipinski definition) is 2. The fraction of sp³-hybridized carbons (Fsp3) is 0.714. The summed E-state index contributed by atoms with van der Waals surface area (Å²) < 4.78 is 0. The molecule has 0 aliphatic carbocycles. The highest BCUT2D eigenvalue weighted by Gasteiger charge is 2.34. The predicted octanol–water partition coefficient (Wildman–Crippen LogP) is 0.964. The van der Waals surface area contributed by atoms with E-state index in [4.69, 9.17) is 11.6 Å². The summed E-state index contributed by atoms with van der Waals surface area (Å²) in [5, 5.41) is 9.40. The van der Waals surface area contributed by atoms with Gasteiger partial charge in [-0.15, -0.1) is 18.2 Å². The van der Waals surface area contributed by atoms with E-state index in [0.29, 0.717) is 0 Å². The molecule has 0 amide bonds. The summed E-state index contributed by atoms with van der Waals surface area (Å²) >= 11 is 5.99. The molecule has 4 heteroatoms. The molecule has 1 rings (SSSR count). The van der Waals surface area contributed by atoms with E-state index in [1.165, 1.54) is 0 Å². The third-order valence-electron chi connectivity index (χ3n) is 2.14. The smallest absolute Gasteiger partial charge is 0.376 e. The van der Waals surface area contributed by atoms with Gasteiger partial charge in [0, 0.05) is 6.04 Å². The van der Waals surface area contributed by atoms with Crippen LogP contribution in [0.1, 0.15) is 6.42 Å². The summed E-state index contributed by atoms with van der Waals surface area (Å²) in [6.07, 6.45) is 2.74. The number of alkyl halides is 1. The summed E-state index contributed by atoms with van der Waals surface area (Å²) in [5.74, 6) is 0. The Labute approximate surface area is 73.0 Å². The number of hydrogen-bond donors (Lipinski definition) is 1. The average Bonchev–Trinajstić information content (AvgIpc) is 2.30. The first-order chi connectivity index (χ1) is 5.16. The molecule has 0 spiro atoms. The van der Waals surface area contributed by atoms with Crippen molar-refractivity contribution in [1.29, 1.82) is 0 Å². The maximum Gasteiger partial charge on any atom is 0.376 e. The third kappa shape index (κ3) is 1.78. The number of rotatable bonds is 2. The Morgan fingerprint density at radius 2 is 2.45 bits per heavy atom. The monoisotopic (exact) mass is 173 g/mol. The molecule has 1 aliphatic heterocycles. The van der Waals surface area contributed by atoms with Gasteiger partial charge in [0.2, 0.25) is 0 Å². The van der Waals surface area contributed by atoms with Crippen LogP contribution in [0.2, 0.25) is 6.82 Å². The second kappa shape index (κ2) is 3.61. The van der Waals surface area contributed by atoms with Crippen molar-refractivity contribution in [2.24, 2.45) is 0 Å². The molecule has 62 valence electrons. The van der Waals surface area contributed by atoms with Crippen LogP contribution in [0.4, 0.5) is 0 Å². The van der Waals surface area contributed by atoms with Crippen molar-refractivity contribution in [1.82, 2.24) is 4.81 Å². The van der Waals surface area contributed by atoms with Crippen molar-refractivity contribution in [3.63, 3.8) is 0 Å². The van der Waals surface area contributed by atoms with E-state index >= 15 is 0 Å². The molecule has 0 unspecified atom stereocenters. The Kier molecular flexibility index (Phi) is 2.99. The van der Waals surface area contributed by atoms with Crippen LogP contribution in [0, 0.1) is 0 Å². The Bertz CT molecular complexity index is 153. The Morgan fingerprint density at radius 1 is 1.82 bits per heavy atom. The summed E-state index contributed by atoms with van der Waals surface area (Å²) in [6, 6.07) is 0.136. The highest BCUT2D eigenvalue weighted by Crippen LogP contribution is 2.23. The lowest BCUT2D eigenvalue weighted by Gasteiger charge is -2.23. The van der Waals surface area contributed by atoms with E-state index in [2.05, 4.69) is 6.58 Å². The van der Waals surface area contributed by atoms with Gasteiger partial charge in [-0.2, -0.15) is 0 Å². The van der Waals surface area contributed by atoms with E-state index in [-0.39, 0.29) is 11.4 Å². The van der Waals surface area contributed by atoms with Crippen LogP contribution in [0.5, 0.6) is 0 Å². The van der Waals surface area contributed by atoms with Crippen molar-refractivity contribution in [2.75, 3.05) is 6.54 Å². The van der Waals surface area contributed by atoms with Crippen molar-refractivity contribution in [2.45, 2.75) is 24.7 Å². The molecule has 0 saturated carbocycles. The van der Waals surface area contributed by atoms with Crippen LogP contribution in [0.25, 0.3) is 0 Å². The van der Waals surface area contributed by atoms with E-state index in [1.807, 2.05) is 4.81 Å². The molecule has 0 aromatic rings. The zero-order chi connectivity index (χ0) is 8.43. The third-order valence-corrected chi connectivity index (χ3v) is 2.61. The van der Waals surface area contributed by atoms with Crippen LogP contribution in [-0.2, 0) is 0 Å². The fourth-order valence-electron chi connectivity index (χ4n) is 1.52. The van der Waals surface area contributed by atoms with Crippen molar-refractivity contribution in [3.05, 3.63) is 12.7 Å². The lowest BCUT2D eigenvalue weighted by molar-refractivity contribution is 0.384. The first-order valence-electron chi connectivity index (χ1n) is 3.87. The molecule has 1 N–H and O–H groups in total. The van der Waals surface area contributed by atoms with Gasteiger partial charge in [-0.1, -0.05) is 6.08 Å². The Hall–Kier alpha value is 0.0149. The summed E-state index contributed by atoms with van der Waals surface area (Å²) in [6.45, 7) is 6.31. The lowest BCUT2D eigenvalue weighted by atomic mass is 9.84. The molecule has 1 aliphatic rings. The molecule has 0 aromatic carbocycles. The summed E-state index contributed by atoms with van der Waals surface area (Å²) in [4.78, 5) is 1.95. The molecule has 1 saturated heterocycles. The minimum atomic E-state index is -0.415. The van der Waals surface area contributed by atoms with E-state index < -0.39 is 7.05 Å². The largest absolute Gasteiger partial charge is 0.437 e. The summed E-state index contributed by atoms with van der Waals surface area (Å²) in [7, 11) is -0.415. The first-order valence-corrected chi connectivity index (χ1v) is 4.31. The SMILES string of the molecule is C=C[C@H]1[C@H](Cl)CCN1B(C)O. The van der Waals surface area contributed by atoms with Gasteiger partial charge in [0.05, 0.1) is 5.38 Å². The molecule has 1 heterocycles. The molecular weight excluding hydrogens is 160 g/mol. The van der Waals surface area contributed by atoms with Crippen LogP contribution < -0.4 is 0 Å². The van der Waals surface area contributed by atoms with Crippen molar-refractivity contribution < 1.29 is 5.02 Å². The second-order valence-electron chi connectivity index (χ2n) is 2.90. The van der Waals surface area contributed by atoms with E-state index in [0.717, 1.165) is 13.0 Å². The van der Waals surface area contributed by atoms with Gasteiger partial charge in [0.15, 0.2) is 0 Å². The van der Waals surface area contributed by atoms with Crippen LogP contribution in [-0.4, -0.2) is 34.8 Å². The van der Waals surface area contributed by atoms with Gasteiger partial charge in [0.25, 0.3) is 0 Å². The van der Waals surface area contributed by atoms with E-state index in [9.17, 15) is 5.02 Å². The van der Waals surface area contributed by atoms with Gasteiger partial charge >= 0.3 is 7.05 Å². The van der Waals surface area contributed by atoms with Gasteiger partial charge in [-0.05, 0) is 19.8 Å². The maximum absolute atomic E-state index is 9.29. The van der Waals surface area contributed by atoms with Gasteiger partial charge in [-0.25, -0.2) is 0 Å². The fourth-order valence-corrected chi connectivity index (χ4v) is 1.86. The Morgan fingerprint density at radius 3 is 2.82 bits per heavy atom. The van der Waals surface area contributed by atoms with Crippen LogP contribution in [0.3, 0.4) is 0 Å². The topological polar surface area (TPSA) is 23.5 Å². The lowest BCUT2D eigenvalue weighted by Crippen LogP contribution is -2.41. The zero-order valence-electron chi connectivity index (χ0n) is 6.70. The molecule has 11 heavy (non-hydrogen) atoms. The van der Waals surface area contributed by atoms with Gasteiger partial charge in [-0.3, -0.25) is 0 Å². The molecule has 2 atom stereocenters. The van der Waals surface area contributed by atoms with Gasteiger partial charge < -0.3 is 9.83 Å². The zero-order valence-corrected chi connectivity index (χ0v) is 7.46. The van der Waals surface area contributed by atoms with Crippen LogP contribution in [0.15, 0.2) is 12.7 Å². The molecule has 0 aromatic heterocycles. The molecule has 0 bridgehead atoms. The molecular formula is C7H13BClNO.